The molecule has 1 aliphatic carbocycles. The number of halogens is 1. The normalized spacial score (nSPS) is 22.9. The van der Waals surface area contributed by atoms with Gasteiger partial charge in [-0.2, -0.15) is 0 Å². The van der Waals surface area contributed by atoms with Crippen LogP contribution in [0.25, 0.3) is 0 Å². The van der Waals surface area contributed by atoms with Crippen molar-refractivity contribution in [1.82, 2.24) is 5.32 Å². The van der Waals surface area contributed by atoms with E-state index in [1.165, 1.54) is 6.07 Å². The molecule has 1 aliphatic rings. The number of hydrogen-bond acceptors (Lipinski definition) is 2. The van der Waals surface area contributed by atoms with Gasteiger partial charge in [-0.15, -0.1) is 0 Å². The highest BCUT2D eigenvalue weighted by Gasteiger charge is 2.44. The summed E-state index contributed by atoms with van der Waals surface area (Å²) in [7, 11) is 0. The zero-order valence-electron chi connectivity index (χ0n) is 11.1. The first kappa shape index (κ1) is 14.0. The van der Waals surface area contributed by atoms with Crippen LogP contribution in [-0.2, 0) is 4.79 Å². The minimum Gasteiger partial charge on any atom is -0.396 e. The summed E-state index contributed by atoms with van der Waals surface area (Å²) < 4.78 is 13.6. The molecule has 19 heavy (non-hydrogen) atoms. The first-order valence-electron chi connectivity index (χ1n) is 6.76. The molecule has 3 atom stereocenters. The lowest BCUT2D eigenvalue weighted by atomic mass is 10.1. The average Bonchev–Trinajstić information content (AvgIpc) is 3.17. The van der Waals surface area contributed by atoms with Gasteiger partial charge in [0.1, 0.15) is 5.82 Å². The minimum absolute atomic E-state index is 0.00181. The maximum atomic E-state index is 13.6. The number of carbonyl (C=O) groups is 1. The largest absolute Gasteiger partial charge is 0.396 e. The topological polar surface area (TPSA) is 49.3 Å². The van der Waals surface area contributed by atoms with Gasteiger partial charge in [0.25, 0.3) is 0 Å². The second-order valence-corrected chi connectivity index (χ2v) is 5.33. The Bertz CT molecular complexity index is 450. The molecule has 2 rings (SSSR count). The molecule has 1 saturated carbocycles. The highest BCUT2D eigenvalue weighted by Crippen LogP contribution is 2.48. The number of hydrogen-bond donors (Lipinski definition) is 2. The van der Waals surface area contributed by atoms with Gasteiger partial charge in [-0.3, -0.25) is 4.79 Å². The van der Waals surface area contributed by atoms with Gasteiger partial charge in [0.2, 0.25) is 5.91 Å². The van der Waals surface area contributed by atoms with E-state index in [4.69, 9.17) is 5.11 Å². The van der Waals surface area contributed by atoms with Crippen LogP contribution in [-0.4, -0.2) is 24.2 Å². The van der Waals surface area contributed by atoms with E-state index in [0.717, 1.165) is 6.42 Å². The molecule has 0 aromatic heterocycles. The van der Waals surface area contributed by atoms with Crippen LogP contribution >= 0.6 is 0 Å². The minimum atomic E-state index is -0.226. The van der Waals surface area contributed by atoms with Gasteiger partial charge in [0, 0.05) is 19.1 Å². The van der Waals surface area contributed by atoms with Crippen LogP contribution in [0.5, 0.6) is 0 Å². The third-order valence-corrected chi connectivity index (χ3v) is 3.68. The summed E-state index contributed by atoms with van der Waals surface area (Å²) in [4.78, 5) is 11.9. The third-order valence-electron chi connectivity index (χ3n) is 3.68. The van der Waals surface area contributed by atoms with Crippen molar-refractivity contribution < 1.29 is 14.3 Å². The van der Waals surface area contributed by atoms with Crippen LogP contribution in [0.4, 0.5) is 4.39 Å². The van der Waals surface area contributed by atoms with E-state index in [0.29, 0.717) is 18.5 Å². The van der Waals surface area contributed by atoms with Crippen LogP contribution in [0.1, 0.15) is 31.2 Å². The molecule has 2 N–H and O–H groups in total. The molecular weight excluding hydrogens is 245 g/mol. The standard InChI is InChI=1S/C15H20FNO2/c1-10(6-7-18)9-17-15(19)13-8-12(13)11-4-2-3-5-14(11)16/h2-5,10,12-13,18H,6-9H2,1H3,(H,17,19). The lowest BCUT2D eigenvalue weighted by Crippen LogP contribution is -2.30. The summed E-state index contributed by atoms with van der Waals surface area (Å²) in [5, 5.41) is 11.7. The number of rotatable bonds is 6. The molecule has 4 heteroatoms. The van der Waals surface area contributed by atoms with E-state index in [9.17, 15) is 9.18 Å². The van der Waals surface area contributed by atoms with Crippen LogP contribution in [0, 0.1) is 17.7 Å². The highest BCUT2D eigenvalue weighted by molar-refractivity contribution is 5.82. The van der Waals surface area contributed by atoms with Crippen molar-refractivity contribution >= 4 is 5.91 Å². The highest BCUT2D eigenvalue weighted by atomic mass is 19.1. The molecule has 0 spiro atoms. The Balaban J connectivity index is 1.82. The Labute approximate surface area is 112 Å². The molecule has 1 aromatic carbocycles. The maximum Gasteiger partial charge on any atom is 0.223 e. The van der Waals surface area contributed by atoms with E-state index in [2.05, 4.69) is 5.32 Å². The Morgan fingerprint density at radius 1 is 1.53 bits per heavy atom. The number of aliphatic hydroxyl groups is 1. The molecule has 0 radical (unpaired) electrons. The van der Waals surface area contributed by atoms with Gasteiger partial charge in [0.15, 0.2) is 0 Å². The van der Waals surface area contributed by atoms with Crippen molar-refractivity contribution in [2.45, 2.75) is 25.7 Å². The third kappa shape index (κ3) is 3.53. The SMILES string of the molecule is CC(CCO)CNC(=O)C1CC1c1ccccc1F. The smallest absolute Gasteiger partial charge is 0.223 e. The quantitative estimate of drug-likeness (QED) is 0.827. The zero-order valence-corrected chi connectivity index (χ0v) is 11.1. The fourth-order valence-corrected chi connectivity index (χ4v) is 2.33. The Morgan fingerprint density at radius 3 is 2.95 bits per heavy atom. The van der Waals surface area contributed by atoms with Gasteiger partial charge < -0.3 is 10.4 Å². The van der Waals surface area contributed by atoms with Crippen molar-refractivity contribution in [3.8, 4) is 0 Å². The molecule has 3 nitrogen and oxygen atoms in total. The predicted molar refractivity (Wildman–Crippen MR) is 71.1 cm³/mol. The molecule has 1 amide bonds. The number of amides is 1. The summed E-state index contributed by atoms with van der Waals surface area (Å²) in [5.74, 6) is -0.0401. The number of aliphatic hydroxyl groups excluding tert-OH is 1. The van der Waals surface area contributed by atoms with Crippen molar-refractivity contribution in [1.29, 1.82) is 0 Å². The fraction of sp³-hybridized carbons (Fsp3) is 0.533. The van der Waals surface area contributed by atoms with Crippen LogP contribution < -0.4 is 5.32 Å². The summed E-state index contributed by atoms with van der Waals surface area (Å²) in [6, 6.07) is 6.65. The van der Waals surface area contributed by atoms with Gasteiger partial charge in [-0.1, -0.05) is 25.1 Å². The summed E-state index contributed by atoms with van der Waals surface area (Å²) >= 11 is 0. The lowest BCUT2D eigenvalue weighted by molar-refractivity contribution is -0.122. The van der Waals surface area contributed by atoms with Crippen LogP contribution in [0.2, 0.25) is 0 Å². The maximum absolute atomic E-state index is 13.6. The Morgan fingerprint density at radius 2 is 2.26 bits per heavy atom. The van der Waals surface area contributed by atoms with Crippen molar-refractivity contribution in [3.63, 3.8) is 0 Å². The van der Waals surface area contributed by atoms with Gasteiger partial charge in [0.05, 0.1) is 0 Å². The first-order chi connectivity index (χ1) is 9.13. The zero-order chi connectivity index (χ0) is 13.8. The average molecular weight is 265 g/mol. The van der Waals surface area contributed by atoms with Crippen molar-refractivity contribution in [2.24, 2.45) is 11.8 Å². The second-order valence-electron chi connectivity index (χ2n) is 5.33. The summed E-state index contributed by atoms with van der Waals surface area (Å²) in [5.41, 5.74) is 0.644. The molecule has 1 aromatic rings. The van der Waals surface area contributed by atoms with Crippen LogP contribution in [0.15, 0.2) is 24.3 Å². The number of nitrogens with one attached hydrogen (secondary N) is 1. The monoisotopic (exact) mass is 265 g/mol. The van der Waals surface area contributed by atoms with E-state index >= 15 is 0 Å². The molecular formula is C15H20FNO2. The molecule has 0 heterocycles. The van der Waals surface area contributed by atoms with Gasteiger partial charge in [-0.05, 0) is 36.3 Å². The van der Waals surface area contributed by atoms with Crippen molar-refractivity contribution in [3.05, 3.63) is 35.6 Å². The first-order valence-corrected chi connectivity index (χ1v) is 6.76. The van der Waals surface area contributed by atoms with Gasteiger partial charge >= 0.3 is 0 Å². The Kier molecular flexibility index (Phi) is 4.53. The van der Waals surface area contributed by atoms with E-state index < -0.39 is 0 Å². The van der Waals surface area contributed by atoms with E-state index in [1.54, 1.807) is 18.2 Å². The van der Waals surface area contributed by atoms with Crippen molar-refractivity contribution in [2.75, 3.05) is 13.2 Å². The van der Waals surface area contributed by atoms with E-state index in [1.807, 2.05) is 6.92 Å². The Hall–Kier alpha value is -1.42. The van der Waals surface area contributed by atoms with E-state index in [-0.39, 0.29) is 36.1 Å². The molecule has 0 saturated heterocycles. The predicted octanol–water partition coefficient (Wildman–Crippen LogP) is 2.06. The fourth-order valence-electron chi connectivity index (χ4n) is 2.33. The molecule has 3 unspecified atom stereocenters. The van der Waals surface area contributed by atoms with Gasteiger partial charge in [-0.25, -0.2) is 4.39 Å². The molecule has 104 valence electrons. The second kappa shape index (κ2) is 6.15. The molecule has 0 aliphatic heterocycles. The summed E-state index contributed by atoms with van der Waals surface area (Å²) in [6.45, 7) is 2.69. The molecule has 0 bridgehead atoms. The lowest BCUT2D eigenvalue weighted by Gasteiger charge is -2.11. The molecule has 1 fully saturated rings. The van der Waals surface area contributed by atoms with Crippen LogP contribution in [0.3, 0.4) is 0 Å². The summed E-state index contributed by atoms with van der Waals surface area (Å²) in [6.07, 6.45) is 1.41. The number of benzene rings is 1. The number of carbonyl (C=O) groups excluding carboxylic acids is 1.